The van der Waals surface area contributed by atoms with Crippen LogP contribution in [0.15, 0.2) is 0 Å². The molecule has 4 nitrogen and oxygen atoms in total. The molecule has 0 bridgehead atoms. The molecule has 58 valence electrons. The minimum atomic E-state index is -1.26. The predicted octanol–water partition coefficient (Wildman–Crippen LogP) is -4.34. The van der Waals surface area contributed by atoms with E-state index in [4.69, 9.17) is 0 Å². The summed E-state index contributed by atoms with van der Waals surface area (Å²) in [5.74, 6) is -1.50. The van der Waals surface area contributed by atoms with Gasteiger partial charge in [0.1, 0.15) is 0 Å². The quantitative estimate of drug-likeness (QED) is 0.448. The average Bonchev–Trinajstić information content (AvgIpc) is 1.85. The molecule has 0 aliphatic heterocycles. The monoisotopic (exact) mass is 183 g/mol. The number of carbonyl (C=O) groups excluding carboxylic acids is 2. The van der Waals surface area contributed by atoms with Gasteiger partial charge >= 0.3 is 51.4 Å². The number of nitrogens with one attached hydrogen (secondary N) is 1. The molecule has 1 amide bonds. The molecule has 0 aromatic carbocycles. The summed E-state index contributed by atoms with van der Waals surface area (Å²) in [5, 5.41) is 12.0. The molecule has 0 fully saturated rings. The third kappa shape index (κ3) is 10.6. The van der Waals surface area contributed by atoms with Crippen LogP contribution in [0.4, 0.5) is 0 Å². The minimum Gasteiger partial charge on any atom is -0.548 e. The first-order valence-corrected chi connectivity index (χ1v) is 3.13. The van der Waals surface area contributed by atoms with Crippen LogP contribution < -0.4 is 61.8 Å². The van der Waals surface area contributed by atoms with Gasteiger partial charge in [-0.1, -0.05) is 6.92 Å². The molecule has 0 spiro atoms. The van der Waals surface area contributed by atoms with Crippen LogP contribution in [0.3, 0.4) is 0 Å². The summed E-state index contributed by atoms with van der Waals surface area (Å²) in [4.78, 5) is 20.3. The van der Waals surface area contributed by atoms with Gasteiger partial charge in [0.15, 0.2) is 0 Å². The van der Waals surface area contributed by atoms with Gasteiger partial charge in [0.25, 0.3) is 0 Å². The van der Waals surface area contributed by atoms with E-state index in [0.29, 0.717) is 6.42 Å². The van der Waals surface area contributed by atoms with E-state index < -0.39 is 12.5 Å². The third-order valence-corrected chi connectivity index (χ3v) is 0.907. The van der Waals surface area contributed by atoms with Crippen molar-refractivity contribution < 1.29 is 66.1 Å². The van der Waals surface area contributed by atoms with E-state index in [-0.39, 0.29) is 57.3 Å². The zero-order valence-corrected chi connectivity index (χ0v) is 9.97. The molecule has 0 aromatic heterocycles. The number of amides is 1. The standard InChI is InChI=1S/C6H11NO3.K/c1-2-3-5(8)7-4-6(9)10;/h2-4H2,1H3,(H,7,8)(H,9,10);/q;+1/p-1. The van der Waals surface area contributed by atoms with Gasteiger partial charge in [0.05, 0.1) is 12.5 Å². The van der Waals surface area contributed by atoms with Gasteiger partial charge in [-0.05, 0) is 6.42 Å². The second kappa shape index (κ2) is 8.67. The Kier molecular flexibility index (Phi) is 11.1. The minimum absolute atomic E-state index is 0. The molecule has 0 aromatic rings. The maximum Gasteiger partial charge on any atom is 1.00 e. The van der Waals surface area contributed by atoms with E-state index in [1.807, 2.05) is 6.92 Å². The average molecular weight is 183 g/mol. The fourth-order valence-electron chi connectivity index (χ4n) is 0.486. The molecule has 0 atom stereocenters. The first-order chi connectivity index (χ1) is 4.66. The molecule has 0 unspecified atom stereocenters. The summed E-state index contributed by atoms with van der Waals surface area (Å²) in [7, 11) is 0. The van der Waals surface area contributed by atoms with E-state index in [9.17, 15) is 14.7 Å². The van der Waals surface area contributed by atoms with Crippen LogP contribution in [-0.2, 0) is 9.59 Å². The van der Waals surface area contributed by atoms with Crippen LogP contribution in [0.5, 0.6) is 0 Å². The maximum absolute atomic E-state index is 10.5. The number of hydrogen-bond acceptors (Lipinski definition) is 3. The number of carbonyl (C=O) groups is 2. The van der Waals surface area contributed by atoms with Crippen molar-refractivity contribution in [3.63, 3.8) is 0 Å². The third-order valence-electron chi connectivity index (χ3n) is 0.907. The Hall–Kier alpha value is 0.576. The number of rotatable bonds is 4. The zero-order valence-electron chi connectivity index (χ0n) is 6.85. The Morgan fingerprint density at radius 3 is 2.36 bits per heavy atom. The number of carboxylic acid groups (broad SMARTS) is 1. The van der Waals surface area contributed by atoms with Crippen LogP contribution in [0.2, 0.25) is 0 Å². The van der Waals surface area contributed by atoms with E-state index in [1.54, 1.807) is 0 Å². The van der Waals surface area contributed by atoms with Crippen molar-refractivity contribution in [1.82, 2.24) is 5.32 Å². The number of hydrogen-bond donors (Lipinski definition) is 1. The Labute approximate surface area is 108 Å². The summed E-state index contributed by atoms with van der Waals surface area (Å²) in [5.41, 5.74) is 0. The molecule has 0 saturated carbocycles. The molecule has 11 heavy (non-hydrogen) atoms. The van der Waals surface area contributed by atoms with Crippen molar-refractivity contribution in [3.05, 3.63) is 0 Å². The molecule has 0 saturated heterocycles. The second-order valence-electron chi connectivity index (χ2n) is 1.90. The van der Waals surface area contributed by atoms with Crippen LogP contribution >= 0.6 is 0 Å². The van der Waals surface area contributed by atoms with Crippen molar-refractivity contribution in [3.8, 4) is 0 Å². The van der Waals surface area contributed by atoms with Gasteiger partial charge in [0.2, 0.25) is 5.91 Å². The topological polar surface area (TPSA) is 69.2 Å². The van der Waals surface area contributed by atoms with Crippen LogP contribution in [0.1, 0.15) is 19.8 Å². The first-order valence-electron chi connectivity index (χ1n) is 3.13. The van der Waals surface area contributed by atoms with Gasteiger partial charge in [-0.15, -0.1) is 0 Å². The summed E-state index contributed by atoms with van der Waals surface area (Å²) < 4.78 is 0. The van der Waals surface area contributed by atoms with Crippen molar-refractivity contribution in [2.75, 3.05) is 6.54 Å². The Morgan fingerprint density at radius 1 is 1.45 bits per heavy atom. The largest absolute Gasteiger partial charge is 1.00 e. The number of aliphatic carboxylic acids is 1. The van der Waals surface area contributed by atoms with Gasteiger partial charge in [-0.2, -0.15) is 0 Å². The smallest absolute Gasteiger partial charge is 0.548 e. The van der Waals surface area contributed by atoms with Crippen molar-refractivity contribution in [2.24, 2.45) is 0 Å². The van der Waals surface area contributed by atoms with E-state index in [1.165, 1.54) is 0 Å². The summed E-state index contributed by atoms with van der Waals surface area (Å²) >= 11 is 0. The van der Waals surface area contributed by atoms with Gasteiger partial charge in [0, 0.05) is 6.42 Å². The van der Waals surface area contributed by atoms with E-state index >= 15 is 0 Å². The Bertz CT molecular complexity index is 138. The molecule has 0 aliphatic rings. The fraction of sp³-hybridized carbons (Fsp3) is 0.667. The molecule has 0 rings (SSSR count). The second-order valence-corrected chi connectivity index (χ2v) is 1.90. The molecule has 5 heteroatoms. The number of carboxylic acids is 1. The van der Waals surface area contributed by atoms with E-state index in [0.717, 1.165) is 6.42 Å². The molecule has 1 N–H and O–H groups in total. The molecule has 0 aliphatic carbocycles. The Morgan fingerprint density at radius 2 is 2.00 bits per heavy atom. The summed E-state index contributed by atoms with van der Waals surface area (Å²) in [6, 6.07) is 0. The summed E-state index contributed by atoms with van der Waals surface area (Å²) in [6.45, 7) is 1.46. The zero-order chi connectivity index (χ0) is 7.98. The normalized spacial score (nSPS) is 8.09. The molecular weight excluding hydrogens is 173 g/mol. The maximum atomic E-state index is 10.5. The molecule has 0 radical (unpaired) electrons. The van der Waals surface area contributed by atoms with Gasteiger partial charge in [-0.25, -0.2) is 0 Å². The summed E-state index contributed by atoms with van der Waals surface area (Å²) in [6.07, 6.45) is 1.09. The van der Waals surface area contributed by atoms with Crippen LogP contribution in [0, 0.1) is 0 Å². The molecular formula is C6H10KNO3. The Balaban J connectivity index is 0. The first kappa shape index (κ1) is 14.1. The molecule has 0 heterocycles. The fourth-order valence-corrected chi connectivity index (χ4v) is 0.486. The predicted molar refractivity (Wildman–Crippen MR) is 32.9 cm³/mol. The van der Waals surface area contributed by atoms with Crippen LogP contribution in [-0.4, -0.2) is 18.4 Å². The van der Waals surface area contributed by atoms with E-state index in [2.05, 4.69) is 5.32 Å². The van der Waals surface area contributed by atoms with Gasteiger partial charge in [-0.3, -0.25) is 4.79 Å². The van der Waals surface area contributed by atoms with Crippen LogP contribution in [0.25, 0.3) is 0 Å². The van der Waals surface area contributed by atoms with Crippen molar-refractivity contribution >= 4 is 11.9 Å². The SMILES string of the molecule is CCCC(=O)NCC(=O)[O-].[K+]. The van der Waals surface area contributed by atoms with Crippen molar-refractivity contribution in [2.45, 2.75) is 19.8 Å². The van der Waals surface area contributed by atoms with Gasteiger partial charge < -0.3 is 15.2 Å². The van der Waals surface area contributed by atoms with Crippen molar-refractivity contribution in [1.29, 1.82) is 0 Å².